The second-order valence-electron chi connectivity index (χ2n) is 8.55. The molecule has 1 aliphatic heterocycles. The molecule has 36 heavy (non-hydrogen) atoms. The highest BCUT2D eigenvalue weighted by Crippen LogP contribution is 2.39. The van der Waals surface area contributed by atoms with E-state index in [0.29, 0.717) is 24.5 Å². The predicted octanol–water partition coefficient (Wildman–Crippen LogP) is 6.67. The number of alkyl halides is 3. The van der Waals surface area contributed by atoms with Crippen molar-refractivity contribution < 1.29 is 32.2 Å². The second kappa shape index (κ2) is 11.4. The van der Waals surface area contributed by atoms with Crippen LogP contribution in [-0.2, 0) is 6.42 Å². The summed E-state index contributed by atoms with van der Waals surface area (Å²) in [6.45, 7) is 6.56. The molecule has 1 unspecified atom stereocenters. The Morgan fingerprint density at radius 1 is 0.889 bits per heavy atom. The minimum atomic E-state index is -4.77. The Hall–Kier alpha value is -3.68. The Morgan fingerprint density at radius 2 is 1.47 bits per heavy atom. The molecule has 3 aromatic carbocycles. The zero-order chi connectivity index (χ0) is 26.5. The van der Waals surface area contributed by atoms with Gasteiger partial charge in [-0.1, -0.05) is 35.4 Å². The number of carbonyl (C=O) groups is 1. The van der Waals surface area contributed by atoms with E-state index in [4.69, 9.17) is 9.47 Å². The lowest BCUT2D eigenvalue weighted by molar-refractivity contribution is -0.274. The van der Waals surface area contributed by atoms with Gasteiger partial charge in [0.2, 0.25) is 0 Å². The number of hydrogen-bond acceptors (Lipinski definition) is 4. The Kier molecular flexibility index (Phi) is 8.50. The van der Waals surface area contributed by atoms with Crippen LogP contribution in [0.4, 0.5) is 13.2 Å². The molecule has 1 aliphatic rings. The fourth-order valence-corrected chi connectivity index (χ4v) is 4.09. The number of amides is 1. The first-order valence-electron chi connectivity index (χ1n) is 11.5. The van der Waals surface area contributed by atoms with Crippen LogP contribution in [-0.4, -0.2) is 37.9 Å². The number of nitrogens with zero attached hydrogens (tertiary/aromatic N) is 1. The van der Waals surface area contributed by atoms with Crippen LogP contribution in [0.2, 0.25) is 0 Å². The zero-order valence-corrected chi connectivity index (χ0v) is 21.0. The van der Waals surface area contributed by atoms with Gasteiger partial charge in [0.05, 0.1) is 20.3 Å². The molecule has 0 fully saturated rings. The predicted molar refractivity (Wildman–Crippen MR) is 132 cm³/mol. The number of carbonyl (C=O) groups excluding carboxylic acids is 1. The summed E-state index contributed by atoms with van der Waals surface area (Å²) in [6, 6.07) is 16.8. The number of aryl methyl sites for hydroxylation is 2. The first-order chi connectivity index (χ1) is 17.0. The molecule has 0 radical (unpaired) electrons. The lowest BCUT2D eigenvalue weighted by Gasteiger charge is -2.36. The average molecular weight is 502 g/mol. The molecule has 0 spiro atoms. The Bertz CT molecular complexity index is 1140. The van der Waals surface area contributed by atoms with Crippen molar-refractivity contribution >= 4 is 5.91 Å². The van der Waals surface area contributed by atoms with Crippen molar-refractivity contribution in [3.8, 4) is 17.2 Å². The largest absolute Gasteiger partial charge is 0.573 e. The smallest absolute Gasteiger partial charge is 0.497 e. The van der Waals surface area contributed by atoms with Crippen LogP contribution >= 0.6 is 0 Å². The van der Waals surface area contributed by atoms with E-state index in [1.165, 1.54) is 23.3 Å². The van der Waals surface area contributed by atoms with E-state index in [0.717, 1.165) is 23.3 Å². The van der Waals surface area contributed by atoms with Gasteiger partial charge in [-0.3, -0.25) is 4.79 Å². The summed E-state index contributed by atoms with van der Waals surface area (Å²) in [4.78, 5) is 14.6. The van der Waals surface area contributed by atoms with Crippen LogP contribution in [0.25, 0.3) is 0 Å². The molecule has 192 valence electrons. The summed E-state index contributed by atoms with van der Waals surface area (Å²) in [5, 5.41) is 0. The molecule has 0 aliphatic carbocycles. The molecule has 0 N–H and O–H groups in total. The highest BCUT2D eigenvalue weighted by molar-refractivity contribution is 5.95. The van der Waals surface area contributed by atoms with Crippen LogP contribution in [0, 0.1) is 13.8 Å². The fraction of sp³-hybridized carbons (Fsp3) is 0.321. The third-order valence-corrected chi connectivity index (χ3v) is 5.98. The number of ether oxygens (including phenoxy) is 3. The molecule has 3 aromatic rings. The van der Waals surface area contributed by atoms with Crippen LogP contribution in [0.1, 0.15) is 45.6 Å². The van der Waals surface area contributed by atoms with Crippen LogP contribution in [0.3, 0.4) is 0 Å². The number of rotatable bonds is 4. The quantitative estimate of drug-likeness (QED) is 0.401. The number of fused-ring (bicyclic) bond motifs is 1. The molecular formula is C28H30F3NO4. The summed E-state index contributed by atoms with van der Waals surface area (Å²) < 4.78 is 51.5. The maximum atomic E-state index is 12.9. The lowest BCUT2D eigenvalue weighted by Crippen LogP contribution is -2.39. The van der Waals surface area contributed by atoms with Gasteiger partial charge in [-0.25, -0.2) is 0 Å². The van der Waals surface area contributed by atoms with E-state index in [1.54, 1.807) is 25.2 Å². The maximum absolute atomic E-state index is 12.9. The molecule has 0 saturated heterocycles. The van der Waals surface area contributed by atoms with Crippen molar-refractivity contribution in [3.05, 3.63) is 88.5 Å². The third kappa shape index (κ3) is 6.71. The summed E-state index contributed by atoms with van der Waals surface area (Å²) >= 11 is 0. The highest BCUT2D eigenvalue weighted by atomic mass is 19.4. The molecule has 5 nitrogen and oxygen atoms in total. The molecule has 8 heteroatoms. The topological polar surface area (TPSA) is 48.0 Å². The number of halogens is 3. The van der Waals surface area contributed by atoms with Gasteiger partial charge in [0.1, 0.15) is 17.2 Å². The average Bonchev–Trinajstić information content (AvgIpc) is 2.85. The highest BCUT2D eigenvalue weighted by Gasteiger charge is 2.33. The maximum Gasteiger partial charge on any atom is 0.573 e. The van der Waals surface area contributed by atoms with Gasteiger partial charge >= 0.3 is 6.36 Å². The first-order valence-corrected chi connectivity index (χ1v) is 11.5. The van der Waals surface area contributed by atoms with E-state index in [2.05, 4.69) is 42.8 Å². The SMILES string of the molecule is COc1cc2c(c(OC)c1)C(C)N(C(=O)c1ccc(OC(F)(F)F)cc1)CC2.Cc1ccc(C)cc1. The molecular weight excluding hydrogens is 471 g/mol. The van der Waals surface area contributed by atoms with E-state index in [9.17, 15) is 18.0 Å². The van der Waals surface area contributed by atoms with Crippen LogP contribution in [0.15, 0.2) is 60.7 Å². The van der Waals surface area contributed by atoms with Crippen LogP contribution in [0.5, 0.6) is 17.2 Å². The minimum absolute atomic E-state index is 0.261. The van der Waals surface area contributed by atoms with Crippen molar-refractivity contribution in [2.75, 3.05) is 20.8 Å². The zero-order valence-electron chi connectivity index (χ0n) is 21.0. The van der Waals surface area contributed by atoms with Gasteiger partial charge < -0.3 is 19.1 Å². The van der Waals surface area contributed by atoms with Gasteiger partial charge in [-0.2, -0.15) is 0 Å². The summed E-state index contributed by atoms with van der Waals surface area (Å²) in [6.07, 6.45) is -4.15. The molecule has 4 rings (SSSR count). The van der Waals surface area contributed by atoms with E-state index in [1.807, 2.05) is 13.0 Å². The lowest BCUT2D eigenvalue weighted by atomic mass is 9.91. The van der Waals surface area contributed by atoms with Crippen molar-refractivity contribution in [1.82, 2.24) is 4.90 Å². The fourth-order valence-electron chi connectivity index (χ4n) is 4.09. The van der Waals surface area contributed by atoms with Gasteiger partial charge in [0.25, 0.3) is 5.91 Å². The van der Waals surface area contributed by atoms with Gasteiger partial charge in [-0.05, 0) is 63.1 Å². The molecule has 0 saturated carbocycles. The third-order valence-electron chi connectivity index (χ3n) is 5.98. The van der Waals surface area contributed by atoms with Gasteiger partial charge in [0.15, 0.2) is 0 Å². The Morgan fingerprint density at radius 3 is 1.97 bits per heavy atom. The molecule has 0 aromatic heterocycles. The normalized spacial score (nSPS) is 14.8. The molecule has 1 amide bonds. The number of hydrogen-bond donors (Lipinski definition) is 0. The van der Waals surface area contributed by atoms with E-state index < -0.39 is 6.36 Å². The van der Waals surface area contributed by atoms with Crippen molar-refractivity contribution in [3.63, 3.8) is 0 Å². The van der Waals surface area contributed by atoms with E-state index in [-0.39, 0.29) is 23.3 Å². The molecule has 1 heterocycles. The summed E-state index contributed by atoms with van der Waals surface area (Å²) in [5.41, 5.74) is 4.89. The molecule has 1 atom stereocenters. The van der Waals surface area contributed by atoms with Gasteiger partial charge in [0, 0.05) is 23.7 Å². The Balaban J connectivity index is 0.000000383. The van der Waals surface area contributed by atoms with Crippen LogP contribution < -0.4 is 14.2 Å². The van der Waals surface area contributed by atoms with Crippen molar-refractivity contribution in [1.29, 1.82) is 0 Å². The summed E-state index contributed by atoms with van der Waals surface area (Å²) in [5.74, 6) is 0.681. The monoisotopic (exact) mass is 501 g/mol. The van der Waals surface area contributed by atoms with Crippen molar-refractivity contribution in [2.24, 2.45) is 0 Å². The number of benzene rings is 3. The summed E-state index contributed by atoms with van der Waals surface area (Å²) in [7, 11) is 3.14. The standard InChI is InChI=1S/C20H20F3NO4.C8H10/c1-12-18-14(10-16(26-2)11-17(18)27-3)8-9-24(12)19(25)13-4-6-15(7-5-13)28-20(21,22)23;1-7-3-5-8(2)6-4-7/h4-7,10-12H,8-9H2,1-3H3;3-6H,1-2H3. The second-order valence-corrected chi connectivity index (χ2v) is 8.55. The first kappa shape index (κ1) is 26.9. The van der Waals surface area contributed by atoms with Crippen molar-refractivity contribution in [2.45, 2.75) is 39.6 Å². The van der Waals surface area contributed by atoms with E-state index >= 15 is 0 Å². The minimum Gasteiger partial charge on any atom is -0.497 e. The Labute approximate surface area is 209 Å². The molecule has 0 bridgehead atoms. The number of methoxy groups -OCH3 is 2. The van der Waals surface area contributed by atoms with Gasteiger partial charge in [-0.15, -0.1) is 13.2 Å².